The van der Waals surface area contributed by atoms with E-state index in [9.17, 15) is 9.59 Å². The normalized spacial score (nSPS) is 13.5. The lowest BCUT2D eigenvalue weighted by atomic mass is 10.2. The largest absolute Gasteiger partial charge is 0.482 e. The number of hydrogen-bond donors (Lipinski definition) is 2. The molecule has 0 spiro atoms. The monoisotopic (exact) mass is 319 g/mol. The number of anilines is 3. The van der Waals surface area contributed by atoms with Crippen molar-refractivity contribution in [1.82, 2.24) is 4.98 Å². The highest BCUT2D eigenvalue weighted by Crippen LogP contribution is 2.35. The van der Waals surface area contributed by atoms with Gasteiger partial charge in [0.2, 0.25) is 0 Å². The first kappa shape index (κ1) is 14.3. The van der Waals surface area contributed by atoms with Crippen LogP contribution in [-0.4, -0.2) is 35.1 Å². The summed E-state index contributed by atoms with van der Waals surface area (Å²) in [6.45, 7) is 1.35. The molecule has 0 aliphatic carbocycles. The molecule has 0 unspecified atom stereocenters. The zero-order valence-corrected chi connectivity index (χ0v) is 12.5. The van der Waals surface area contributed by atoms with Crippen LogP contribution in [0.1, 0.15) is 5.69 Å². The van der Waals surface area contributed by atoms with Crippen molar-refractivity contribution in [2.24, 2.45) is 0 Å². The molecule has 2 heterocycles. The molecule has 1 amide bonds. The number of carbonyl (C=O) groups is 2. The number of aliphatic carboxylic acids is 1. The van der Waals surface area contributed by atoms with Crippen LogP contribution in [0.25, 0.3) is 0 Å². The van der Waals surface area contributed by atoms with Crippen LogP contribution in [0.15, 0.2) is 23.6 Å². The van der Waals surface area contributed by atoms with Crippen molar-refractivity contribution in [2.75, 3.05) is 23.4 Å². The van der Waals surface area contributed by atoms with Crippen LogP contribution in [-0.2, 0) is 9.59 Å². The first-order valence-electron chi connectivity index (χ1n) is 6.51. The molecule has 1 aliphatic heterocycles. The van der Waals surface area contributed by atoms with Crippen LogP contribution in [0.4, 0.5) is 16.5 Å². The molecule has 3 rings (SSSR count). The number of hydrogen-bond acceptors (Lipinski definition) is 6. The average molecular weight is 319 g/mol. The highest BCUT2D eigenvalue weighted by Gasteiger charge is 2.27. The lowest BCUT2D eigenvalue weighted by Crippen LogP contribution is -2.41. The molecule has 0 fully saturated rings. The number of fused-ring (bicyclic) bond motifs is 1. The van der Waals surface area contributed by atoms with Crippen molar-refractivity contribution in [3.8, 4) is 5.75 Å². The molecule has 0 saturated carbocycles. The number of nitrogens with zero attached hydrogens (tertiary/aromatic N) is 2. The fraction of sp³-hybridized carbons (Fsp3) is 0.214. The summed E-state index contributed by atoms with van der Waals surface area (Å²) < 4.78 is 5.33. The Labute approximate surface area is 130 Å². The summed E-state index contributed by atoms with van der Waals surface area (Å²) >= 11 is 1.47. The fourth-order valence-corrected chi connectivity index (χ4v) is 2.83. The topological polar surface area (TPSA) is 91.8 Å². The minimum absolute atomic E-state index is 0.154. The fourth-order valence-electron chi connectivity index (χ4n) is 2.12. The number of amides is 1. The number of benzene rings is 1. The molecule has 114 valence electrons. The smallest absolute Gasteiger partial charge is 0.323 e. The number of aryl methyl sites for hydroxylation is 1. The zero-order chi connectivity index (χ0) is 15.7. The number of carboxylic acid groups (broad SMARTS) is 1. The van der Waals surface area contributed by atoms with E-state index in [0.29, 0.717) is 17.1 Å². The first-order chi connectivity index (χ1) is 10.5. The SMILES string of the molecule is Cc1csc(Nc2ccc3c(c2)N(CC(=O)O)C(=O)CO3)n1. The first-order valence-corrected chi connectivity index (χ1v) is 7.39. The highest BCUT2D eigenvalue weighted by atomic mass is 32.1. The van der Waals surface area contributed by atoms with Gasteiger partial charge in [-0.05, 0) is 25.1 Å². The van der Waals surface area contributed by atoms with Gasteiger partial charge in [0.25, 0.3) is 5.91 Å². The summed E-state index contributed by atoms with van der Waals surface area (Å²) in [7, 11) is 0. The predicted octanol–water partition coefficient (Wildman–Crippen LogP) is 2.01. The molecule has 22 heavy (non-hydrogen) atoms. The van der Waals surface area contributed by atoms with Crippen LogP contribution >= 0.6 is 11.3 Å². The minimum Gasteiger partial charge on any atom is -0.482 e. The van der Waals surface area contributed by atoms with E-state index >= 15 is 0 Å². The third-order valence-corrected chi connectivity index (χ3v) is 3.94. The maximum absolute atomic E-state index is 11.9. The van der Waals surface area contributed by atoms with Gasteiger partial charge in [0.15, 0.2) is 11.7 Å². The van der Waals surface area contributed by atoms with Crippen LogP contribution in [0, 0.1) is 6.92 Å². The minimum atomic E-state index is -1.07. The summed E-state index contributed by atoms with van der Waals surface area (Å²) in [5.74, 6) is -0.964. The van der Waals surface area contributed by atoms with Gasteiger partial charge in [-0.3, -0.25) is 14.5 Å². The third-order valence-electron chi connectivity index (χ3n) is 3.07. The Kier molecular flexibility index (Phi) is 3.68. The summed E-state index contributed by atoms with van der Waals surface area (Å²) in [6.07, 6.45) is 0. The van der Waals surface area contributed by atoms with Gasteiger partial charge in [-0.2, -0.15) is 0 Å². The van der Waals surface area contributed by atoms with Gasteiger partial charge in [-0.25, -0.2) is 4.98 Å². The Morgan fingerprint density at radius 3 is 3.05 bits per heavy atom. The molecule has 2 aromatic rings. The van der Waals surface area contributed by atoms with Crippen LogP contribution in [0.2, 0.25) is 0 Å². The van der Waals surface area contributed by atoms with Crippen molar-refractivity contribution in [2.45, 2.75) is 6.92 Å². The van der Waals surface area contributed by atoms with Crippen molar-refractivity contribution in [1.29, 1.82) is 0 Å². The molecule has 7 nitrogen and oxygen atoms in total. The van der Waals surface area contributed by atoms with Crippen molar-refractivity contribution in [3.05, 3.63) is 29.3 Å². The second-order valence-corrected chi connectivity index (χ2v) is 5.62. The highest BCUT2D eigenvalue weighted by molar-refractivity contribution is 7.13. The van der Waals surface area contributed by atoms with E-state index in [2.05, 4.69) is 10.3 Å². The average Bonchev–Trinajstić information content (AvgIpc) is 2.87. The molecular formula is C14H13N3O4S. The molecule has 8 heteroatoms. The van der Waals surface area contributed by atoms with Gasteiger partial charge in [0, 0.05) is 11.1 Å². The maximum Gasteiger partial charge on any atom is 0.323 e. The van der Waals surface area contributed by atoms with Gasteiger partial charge in [-0.15, -0.1) is 11.3 Å². The molecule has 0 bridgehead atoms. The number of carboxylic acids is 1. The van der Waals surface area contributed by atoms with Crippen LogP contribution < -0.4 is 15.0 Å². The summed E-state index contributed by atoms with van der Waals surface area (Å²) in [4.78, 5) is 28.3. The molecule has 0 atom stereocenters. The molecule has 2 N–H and O–H groups in total. The molecule has 0 radical (unpaired) electrons. The molecule has 1 aromatic carbocycles. The Bertz CT molecular complexity index is 743. The third kappa shape index (κ3) is 2.86. The molecular weight excluding hydrogens is 306 g/mol. The van der Waals surface area contributed by atoms with Crippen molar-refractivity contribution < 1.29 is 19.4 Å². The summed E-state index contributed by atoms with van der Waals surface area (Å²) in [6, 6.07) is 5.19. The molecule has 0 saturated heterocycles. The number of aromatic nitrogens is 1. The van der Waals surface area contributed by atoms with Crippen molar-refractivity contribution >= 4 is 39.7 Å². The maximum atomic E-state index is 11.9. The van der Waals surface area contributed by atoms with E-state index in [0.717, 1.165) is 10.8 Å². The van der Waals surface area contributed by atoms with Gasteiger partial charge in [-0.1, -0.05) is 0 Å². The molecule has 1 aliphatic rings. The van der Waals surface area contributed by atoms with Gasteiger partial charge in [0.1, 0.15) is 12.3 Å². The Morgan fingerprint density at radius 1 is 1.55 bits per heavy atom. The summed E-state index contributed by atoms with van der Waals surface area (Å²) in [5.41, 5.74) is 2.06. The van der Waals surface area contributed by atoms with Crippen molar-refractivity contribution in [3.63, 3.8) is 0 Å². The van der Waals surface area contributed by atoms with E-state index in [4.69, 9.17) is 9.84 Å². The second kappa shape index (κ2) is 5.64. The van der Waals surface area contributed by atoms with E-state index < -0.39 is 12.5 Å². The zero-order valence-electron chi connectivity index (χ0n) is 11.7. The summed E-state index contributed by atoms with van der Waals surface area (Å²) in [5, 5.41) is 14.7. The number of ether oxygens (including phenoxy) is 1. The quantitative estimate of drug-likeness (QED) is 0.895. The lowest BCUT2D eigenvalue weighted by molar-refractivity contribution is -0.137. The Balaban J connectivity index is 1.91. The number of thiazole rings is 1. The van der Waals surface area contributed by atoms with Gasteiger partial charge < -0.3 is 15.2 Å². The predicted molar refractivity (Wildman–Crippen MR) is 82.1 cm³/mol. The van der Waals surface area contributed by atoms with Gasteiger partial charge >= 0.3 is 5.97 Å². The second-order valence-electron chi connectivity index (χ2n) is 4.76. The van der Waals surface area contributed by atoms with E-state index in [1.807, 2.05) is 12.3 Å². The van der Waals surface area contributed by atoms with E-state index in [1.165, 1.54) is 16.2 Å². The number of rotatable bonds is 4. The van der Waals surface area contributed by atoms with E-state index in [-0.39, 0.29) is 12.5 Å². The molecule has 1 aromatic heterocycles. The van der Waals surface area contributed by atoms with Gasteiger partial charge in [0.05, 0.1) is 11.4 Å². The van der Waals surface area contributed by atoms with Crippen LogP contribution in [0.5, 0.6) is 5.75 Å². The van der Waals surface area contributed by atoms with Crippen LogP contribution in [0.3, 0.4) is 0 Å². The number of nitrogens with one attached hydrogen (secondary N) is 1. The Morgan fingerprint density at radius 2 is 2.36 bits per heavy atom. The lowest BCUT2D eigenvalue weighted by Gasteiger charge is -2.28. The Hall–Kier alpha value is -2.61. The van der Waals surface area contributed by atoms with E-state index in [1.54, 1.807) is 18.2 Å². The number of carbonyl (C=O) groups excluding carboxylic acids is 1. The standard InChI is InChI=1S/C14H13N3O4S/c1-8-7-22-14(15-8)16-9-2-3-11-10(4-9)17(5-13(19)20)12(18)6-21-11/h2-4,7H,5-6H2,1H3,(H,15,16)(H,19,20).